The van der Waals surface area contributed by atoms with Crippen LogP contribution in [0.2, 0.25) is 0 Å². The molecule has 1 amide bonds. The standard InChI is InChI=1S/C15H24N2O2/c1-10(2)14(16)15(18)17-8-7-12-9-11(3)5-6-13(12)19-4/h5-6,9-10,14H,7-8,16H2,1-4H3,(H,17,18). The van der Waals surface area contributed by atoms with Crippen molar-refractivity contribution in [3.8, 4) is 5.75 Å². The van der Waals surface area contributed by atoms with Gasteiger partial charge in [-0.05, 0) is 30.9 Å². The topological polar surface area (TPSA) is 64.3 Å². The third-order valence-corrected chi connectivity index (χ3v) is 3.15. The average molecular weight is 264 g/mol. The van der Waals surface area contributed by atoms with Crippen LogP contribution in [0.15, 0.2) is 18.2 Å². The number of amides is 1. The number of nitrogens with one attached hydrogen (secondary N) is 1. The van der Waals surface area contributed by atoms with Crippen molar-refractivity contribution in [2.24, 2.45) is 11.7 Å². The number of carbonyl (C=O) groups excluding carboxylic acids is 1. The number of aryl methyl sites for hydroxylation is 1. The minimum Gasteiger partial charge on any atom is -0.496 e. The zero-order chi connectivity index (χ0) is 14.4. The normalized spacial score (nSPS) is 12.3. The lowest BCUT2D eigenvalue weighted by Gasteiger charge is -2.16. The van der Waals surface area contributed by atoms with Gasteiger partial charge in [0.15, 0.2) is 0 Å². The van der Waals surface area contributed by atoms with Crippen molar-refractivity contribution < 1.29 is 9.53 Å². The van der Waals surface area contributed by atoms with E-state index in [1.165, 1.54) is 5.56 Å². The van der Waals surface area contributed by atoms with E-state index in [1.807, 2.05) is 32.9 Å². The third kappa shape index (κ3) is 4.56. The fraction of sp³-hybridized carbons (Fsp3) is 0.533. The highest BCUT2D eigenvalue weighted by molar-refractivity contribution is 5.81. The van der Waals surface area contributed by atoms with Gasteiger partial charge in [0.05, 0.1) is 13.2 Å². The van der Waals surface area contributed by atoms with Crippen LogP contribution in [0.5, 0.6) is 5.75 Å². The summed E-state index contributed by atoms with van der Waals surface area (Å²) >= 11 is 0. The van der Waals surface area contributed by atoms with Crippen molar-refractivity contribution in [2.75, 3.05) is 13.7 Å². The molecule has 0 aromatic heterocycles. The zero-order valence-electron chi connectivity index (χ0n) is 12.2. The Morgan fingerprint density at radius 2 is 2.11 bits per heavy atom. The maximum Gasteiger partial charge on any atom is 0.237 e. The predicted molar refractivity (Wildman–Crippen MR) is 77.3 cm³/mol. The first-order valence-electron chi connectivity index (χ1n) is 6.62. The number of carbonyl (C=O) groups is 1. The van der Waals surface area contributed by atoms with Crippen molar-refractivity contribution in [3.63, 3.8) is 0 Å². The van der Waals surface area contributed by atoms with Gasteiger partial charge in [-0.15, -0.1) is 0 Å². The molecule has 0 saturated heterocycles. The first kappa shape index (κ1) is 15.5. The predicted octanol–water partition coefficient (Wildman–Crippen LogP) is 1.65. The van der Waals surface area contributed by atoms with Gasteiger partial charge in [-0.3, -0.25) is 4.79 Å². The van der Waals surface area contributed by atoms with Gasteiger partial charge in [0.25, 0.3) is 0 Å². The van der Waals surface area contributed by atoms with Gasteiger partial charge in [-0.2, -0.15) is 0 Å². The first-order valence-corrected chi connectivity index (χ1v) is 6.62. The Kier molecular flexibility index (Phi) is 5.83. The van der Waals surface area contributed by atoms with Crippen LogP contribution in [0.4, 0.5) is 0 Å². The summed E-state index contributed by atoms with van der Waals surface area (Å²) in [7, 11) is 1.65. The molecule has 0 radical (unpaired) electrons. The van der Waals surface area contributed by atoms with Crippen LogP contribution in [-0.4, -0.2) is 25.6 Å². The molecule has 4 heteroatoms. The van der Waals surface area contributed by atoms with Gasteiger partial charge in [-0.25, -0.2) is 0 Å². The summed E-state index contributed by atoms with van der Waals surface area (Å²) in [5.41, 5.74) is 8.06. The highest BCUT2D eigenvalue weighted by Crippen LogP contribution is 2.19. The molecular formula is C15H24N2O2. The Hall–Kier alpha value is -1.55. The quantitative estimate of drug-likeness (QED) is 0.821. The zero-order valence-corrected chi connectivity index (χ0v) is 12.2. The Balaban J connectivity index is 2.53. The van der Waals surface area contributed by atoms with E-state index in [9.17, 15) is 4.79 Å². The fourth-order valence-electron chi connectivity index (χ4n) is 1.84. The first-order chi connectivity index (χ1) is 8.95. The smallest absolute Gasteiger partial charge is 0.237 e. The van der Waals surface area contributed by atoms with Gasteiger partial charge in [-0.1, -0.05) is 31.5 Å². The summed E-state index contributed by atoms with van der Waals surface area (Å²) in [5.74, 6) is 0.906. The minimum atomic E-state index is -0.445. The third-order valence-electron chi connectivity index (χ3n) is 3.15. The van der Waals surface area contributed by atoms with Crippen LogP contribution in [0.25, 0.3) is 0 Å². The summed E-state index contributed by atoms with van der Waals surface area (Å²) in [5, 5.41) is 2.86. The molecule has 106 valence electrons. The highest BCUT2D eigenvalue weighted by Gasteiger charge is 2.16. The highest BCUT2D eigenvalue weighted by atomic mass is 16.5. The van der Waals surface area contributed by atoms with E-state index < -0.39 is 6.04 Å². The number of hydrogen-bond donors (Lipinski definition) is 2. The Morgan fingerprint density at radius 1 is 1.42 bits per heavy atom. The lowest BCUT2D eigenvalue weighted by molar-refractivity contribution is -0.123. The lowest BCUT2D eigenvalue weighted by atomic mass is 10.0. The van der Waals surface area contributed by atoms with Crippen LogP contribution >= 0.6 is 0 Å². The maximum absolute atomic E-state index is 11.7. The second-order valence-corrected chi connectivity index (χ2v) is 5.13. The van der Waals surface area contributed by atoms with E-state index in [4.69, 9.17) is 10.5 Å². The Labute approximate surface area is 115 Å². The average Bonchev–Trinajstić information content (AvgIpc) is 2.37. The summed E-state index contributed by atoms with van der Waals surface area (Å²) in [6, 6.07) is 5.59. The molecule has 0 fully saturated rings. The molecule has 4 nitrogen and oxygen atoms in total. The van der Waals surface area contributed by atoms with E-state index in [-0.39, 0.29) is 11.8 Å². The lowest BCUT2D eigenvalue weighted by Crippen LogP contribution is -2.44. The van der Waals surface area contributed by atoms with Gasteiger partial charge in [0, 0.05) is 6.54 Å². The molecule has 0 aliphatic carbocycles. The fourth-order valence-corrected chi connectivity index (χ4v) is 1.84. The monoisotopic (exact) mass is 264 g/mol. The number of nitrogens with two attached hydrogens (primary N) is 1. The molecule has 0 spiro atoms. The van der Waals surface area contributed by atoms with E-state index >= 15 is 0 Å². The van der Waals surface area contributed by atoms with Gasteiger partial charge < -0.3 is 15.8 Å². The summed E-state index contributed by atoms with van der Waals surface area (Å²) < 4.78 is 5.31. The van der Waals surface area contributed by atoms with Crippen molar-refractivity contribution in [1.82, 2.24) is 5.32 Å². The number of benzene rings is 1. The van der Waals surface area contributed by atoms with Crippen LogP contribution < -0.4 is 15.8 Å². The number of hydrogen-bond acceptors (Lipinski definition) is 3. The molecule has 0 heterocycles. The van der Waals surface area contributed by atoms with Crippen molar-refractivity contribution >= 4 is 5.91 Å². The van der Waals surface area contributed by atoms with Crippen molar-refractivity contribution in [1.29, 1.82) is 0 Å². The van der Waals surface area contributed by atoms with E-state index in [2.05, 4.69) is 11.4 Å². The van der Waals surface area contributed by atoms with E-state index in [1.54, 1.807) is 7.11 Å². The molecule has 1 unspecified atom stereocenters. The minimum absolute atomic E-state index is 0.0957. The largest absolute Gasteiger partial charge is 0.496 e. The molecule has 1 atom stereocenters. The summed E-state index contributed by atoms with van der Waals surface area (Å²) in [4.78, 5) is 11.7. The van der Waals surface area contributed by atoms with Gasteiger partial charge in [0.2, 0.25) is 5.91 Å². The summed E-state index contributed by atoms with van der Waals surface area (Å²) in [6.45, 7) is 6.48. The molecule has 1 aromatic rings. The maximum atomic E-state index is 11.7. The molecule has 1 aromatic carbocycles. The molecular weight excluding hydrogens is 240 g/mol. The molecule has 1 rings (SSSR count). The van der Waals surface area contributed by atoms with Crippen LogP contribution in [0, 0.1) is 12.8 Å². The van der Waals surface area contributed by atoms with Crippen molar-refractivity contribution in [2.45, 2.75) is 33.2 Å². The second kappa shape index (κ2) is 7.14. The molecule has 0 bridgehead atoms. The number of methoxy groups -OCH3 is 1. The van der Waals surface area contributed by atoms with Crippen LogP contribution in [0.3, 0.4) is 0 Å². The van der Waals surface area contributed by atoms with E-state index in [0.717, 1.165) is 17.7 Å². The molecule has 0 aliphatic heterocycles. The molecule has 19 heavy (non-hydrogen) atoms. The number of ether oxygens (including phenoxy) is 1. The van der Waals surface area contributed by atoms with Crippen LogP contribution in [-0.2, 0) is 11.2 Å². The molecule has 0 saturated carbocycles. The van der Waals surface area contributed by atoms with Crippen LogP contribution in [0.1, 0.15) is 25.0 Å². The van der Waals surface area contributed by atoms with Gasteiger partial charge >= 0.3 is 0 Å². The SMILES string of the molecule is COc1ccc(C)cc1CCNC(=O)C(N)C(C)C. The Bertz CT molecular complexity index is 430. The summed E-state index contributed by atoms with van der Waals surface area (Å²) in [6.07, 6.45) is 0.738. The van der Waals surface area contributed by atoms with Crippen molar-refractivity contribution in [3.05, 3.63) is 29.3 Å². The molecule has 0 aliphatic rings. The second-order valence-electron chi connectivity index (χ2n) is 5.13. The molecule has 3 N–H and O–H groups in total. The van der Waals surface area contributed by atoms with E-state index in [0.29, 0.717) is 6.54 Å². The number of rotatable bonds is 6. The Morgan fingerprint density at radius 3 is 2.68 bits per heavy atom. The van der Waals surface area contributed by atoms with Gasteiger partial charge in [0.1, 0.15) is 5.75 Å².